The van der Waals surface area contributed by atoms with Gasteiger partial charge in [0, 0.05) is 11.8 Å². The third kappa shape index (κ3) is 5.83. The van der Waals surface area contributed by atoms with Gasteiger partial charge in [-0.3, -0.25) is 19.3 Å². The number of anilines is 1. The number of nitrogens with zero attached hydrogens (tertiary/aromatic N) is 1. The number of halogens is 3. The number of nitrogens with one attached hydrogen (secondary N) is 1. The van der Waals surface area contributed by atoms with Gasteiger partial charge in [-0.15, -0.1) is 0 Å². The fraction of sp³-hybridized carbons (Fsp3) is 0.211. The van der Waals surface area contributed by atoms with Crippen molar-refractivity contribution < 1.29 is 32.7 Å². The monoisotopic (exact) mass is 394 g/mol. The highest BCUT2D eigenvalue weighted by atomic mass is 19.1. The number of carbonyl (C=O) groups excluding carboxylic acids is 2. The Morgan fingerprint density at radius 1 is 1.00 bits per heavy atom. The average molecular weight is 394 g/mol. The number of carboxylic acid groups (broad SMARTS) is 1. The zero-order valence-corrected chi connectivity index (χ0v) is 14.8. The van der Waals surface area contributed by atoms with Crippen LogP contribution in [0, 0.1) is 17.5 Å². The number of carbonyl (C=O) groups is 3. The van der Waals surface area contributed by atoms with Crippen LogP contribution >= 0.6 is 0 Å². The predicted octanol–water partition coefficient (Wildman–Crippen LogP) is 2.27. The second kappa shape index (κ2) is 9.03. The number of amides is 2. The number of hydrogen-bond donors (Lipinski definition) is 2. The molecule has 2 aromatic rings. The lowest BCUT2D eigenvalue weighted by Crippen LogP contribution is -2.49. The minimum absolute atomic E-state index is 0.0792. The summed E-state index contributed by atoms with van der Waals surface area (Å²) in [7, 11) is 0. The lowest BCUT2D eigenvalue weighted by molar-refractivity contribution is -0.136. The van der Waals surface area contributed by atoms with Gasteiger partial charge in [0.1, 0.15) is 30.0 Å². The van der Waals surface area contributed by atoms with Gasteiger partial charge < -0.3 is 10.4 Å². The zero-order chi connectivity index (χ0) is 20.8. The van der Waals surface area contributed by atoms with Gasteiger partial charge >= 0.3 is 5.97 Å². The molecule has 0 aliphatic heterocycles. The normalized spacial score (nSPS) is 11.6. The Labute approximate surface area is 158 Å². The number of hydrogen-bond acceptors (Lipinski definition) is 3. The summed E-state index contributed by atoms with van der Waals surface area (Å²) in [6.45, 7) is 0.643. The van der Waals surface area contributed by atoms with Gasteiger partial charge in [-0.2, -0.15) is 0 Å². The van der Waals surface area contributed by atoms with Gasteiger partial charge in [0.05, 0.1) is 6.42 Å². The second-order valence-electron chi connectivity index (χ2n) is 6.04. The first-order valence-electron chi connectivity index (χ1n) is 8.19. The third-order valence-electron chi connectivity index (χ3n) is 3.73. The summed E-state index contributed by atoms with van der Waals surface area (Å²) in [6, 6.07) is 6.13. The van der Waals surface area contributed by atoms with Crippen LogP contribution in [-0.4, -0.2) is 35.5 Å². The Morgan fingerprint density at radius 2 is 1.57 bits per heavy atom. The molecule has 0 aromatic heterocycles. The molecule has 0 fully saturated rings. The first kappa shape index (κ1) is 20.9. The Bertz CT molecular complexity index is 867. The van der Waals surface area contributed by atoms with Crippen LogP contribution in [0.2, 0.25) is 0 Å². The van der Waals surface area contributed by atoms with Crippen LogP contribution in [0.15, 0.2) is 42.5 Å². The summed E-state index contributed by atoms with van der Waals surface area (Å²) < 4.78 is 39.5. The molecule has 0 saturated heterocycles. The molecule has 6 nitrogen and oxygen atoms in total. The molecule has 2 rings (SSSR count). The van der Waals surface area contributed by atoms with E-state index in [0.29, 0.717) is 6.07 Å². The number of rotatable bonds is 7. The fourth-order valence-corrected chi connectivity index (χ4v) is 2.54. The summed E-state index contributed by atoms with van der Waals surface area (Å²) >= 11 is 0. The molecule has 0 aliphatic carbocycles. The van der Waals surface area contributed by atoms with E-state index < -0.39 is 47.8 Å². The van der Waals surface area contributed by atoms with Crippen LogP contribution in [-0.2, 0) is 20.8 Å². The highest BCUT2D eigenvalue weighted by Gasteiger charge is 2.25. The fourth-order valence-electron chi connectivity index (χ4n) is 2.54. The van der Waals surface area contributed by atoms with E-state index in [9.17, 15) is 27.6 Å². The van der Waals surface area contributed by atoms with Gasteiger partial charge in [0.25, 0.3) is 0 Å². The lowest BCUT2D eigenvalue weighted by atomic mass is 10.1. The van der Waals surface area contributed by atoms with E-state index in [1.54, 1.807) is 0 Å². The van der Waals surface area contributed by atoms with Crippen molar-refractivity contribution in [3.8, 4) is 0 Å². The molecule has 2 amide bonds. The molecule has 0 aliphatic rings. The number of aliphatic carboxylic acids is 1. The van der Waals surface area contributed by atoms with Crippen LogP contribution in [0.3, 0.4) is 0 Å². The minimum Gasteiger partial charge on any atom is -0.480 e. The molecule has 0 spiro atoms. The second-order valence-corrected chi connectivity index (χ2v) is 6.04. The van der Waals surface area contributed by atoms with Crippen molar-refractivity contribution in [3.63, 3.8) is 0 Å². The predicted molar refractivity (Wildman–Crippen MR) is 94.1 cm³/mol. The smallest absolute Gasteiger partial charge is 0.323 e. The van der Waals surface area contributed by atoms with E-state index >= 15 is 0 Å². The third-order valence-corrected chi connectivity index (χ3v) is 3.73. The van der Waals surface area contributed by atoms with Gasteiger partial charge in [0.15, 0.2) is 0 Å². The van der Waals surface area contributed by atoms with E-state index in [1.165, 1.54) is 19.1 Å². The van der Waals surface area contributed by atoms with Crippen LogP contribution in [0.25, 0.3) is 0 Å². The van der Waals surface area contributed by atoms with Crippen LogP contribution in [0.4, 0.5) is 18.9 Å². The maximum absolute atomic E-state index is 13.2. The molecule has 2 aromatic carbocycles. The molecule has 0 heterocycles. The summed E-state index contributed by atoms with van der Waals surface area (Å²) in [5.41, 5.74) is 0.220. The van der Waals surface area contributed by atoms with Crippen molar-refractivity contribution in [1.82, 2.24) is 5.32 Å². The molecular weight excluding hydrogens is 377 g/mol. The average Bonchev–Trinajstić information content (AvgIpc) is 2.58. The van der Waals surface area contributed by atoms with Crippen molar-refractivity contribution in [2.75, 3.05) is 11.4 Å². The topological polar surface area (TPSA) is 86.7 Å². The molecule has 0 bridgehead atoms. The summed E-state index contributed by atoms with van der Waals surface area (Å²) in [5.74, 6) is -4.96. The van der Waals surface area contributed by atoms with Crippen molar-refractivity contribution in [2.45, 2.75) is 19.4 Å². The van der Waals surface area contributed by atoms with Gasteiger partial charge in [-0.1, -0.05) is 0 Å². The highest BCUT2D eigenvalue weighted by Crippen LogP contribution is 2.16. The standard InChI is InChI=1S/C19H17F3N2O4/c1-11(23-17(25)8-12-6-14(21)9-15(22)7-12)19(28)24(10-18(26)27)16-4-2-13(20)3-5-16/h2-7,9,11H,8,10H2,1H3,(H,23,25)(H,26,27)/t11-/m0/s1. The summed E-state index contributed by atoms with van der Waals surface area (Å²) in [5, 5.41) is 11.4. The Hall–Kier alpha value is -3.36. The zero-order valence-electron chi connectivity index (χ0n) is 14.8. The van der Waals surface area contributed by atoms with Crippen LogP contribution in [0.1, 0.15) is 12.5 Å². The van der Waals surface area contributed by atoms with Crippen molar-refractivity contribution in [3.05, 3.63) is 65.5 Å². The first-order valence-corrected chi connectivity index (χ1v) is 8.19. The van der Waals surface area contributed by atoms with Crippen molar-refractivity contribution in [1.29, 1.82) is 0 Å². The molecule has 28 heavy (non-hydrogen) atoms. The highest BCUT2D eigenvalue weighted by molar-refractivity contribution is 6.01. The lowest BCUT2D eigenvalue weighted by Gasteiger charge is -2.25. The Morgan fingerprint density at radius 3 is 2.11 bits per heavy atom. The molecule has 0 saturated carbocycles. The van der Waals surface area contributed by atoms with E-state index in [1.807, 2.05) is 0 Å². The van der Waals surface area contributed by atoms with Gasteiger partial charge in [-0.25, -0.2) is 13.2 Å². The van der Waals surface area contributed by atoms with Gasteiger partial charge in [0.2, 0.25) is 11.8 Å². The molecular formula is C19H17F3N2O4. The molecule has 2 N–H and O–H groups in total. The Balaban J connectivity index is 2.09. The van der Waals surface area contributed by atoms with Crippen molar-refractivity contribution >= 4 is 23.5 Å². The van der Waals surface area contributed by atoms with Crippen LogP contribution < -0.4 is 10.2 Å². The van der Waals surface area contributed by atoms with E-state index in [4.69, 9.17) is 5.11 Å². The quantitative estimate of drug-likeness (QED) is 0.754. The molecule has 9 heteroatoms. The van der Waals surface area contributed by atoms with E-state index in [2.05, 4.69) is 5.32 Å². The summed E-state index contributed by atoms with van der Waals surface area (Å²) in [4.78, 5) is 36.6. The maximum atomic E-state index is 13.2. The molecule has 1 atom stereocenters. The summed E-state index contributed by atoms with van der Waals surface area (Å²) in [6.07, 6.45) is -0.373. The first-order chi connectivity index (χ1) is 13.2. The number of carboxylic acids is 1. The van der Waals surface area contributed by atoms with E-state index in [0.717, 1.165) is 29.2 Å². The van der Waals surface area contributed by atoms with E-state index in [-0.39, 0.29) is 17.7 Å². The van der Waals surface area contributed by atoms with Gasteiger partial charge in [-0.05, 0) is 48.9 Å². The van der Waals surface area contributed by atoms with Crippen molar-refractivity contribution in [2.24, 2.45) is 0 Å². The maximum Gasteiger partial charge on any atom is 0.323 e. The molecule has 148 valence electrons. The van der Waals surface area contributed by atoms with Crippen LogP contribution in [0.5, 0.6) is 0 Å². The minimum atomic E-state index is -1.30. The SMILES string of the molecule is C[C@H](NC(=O)Cc1cc(F)cc(F)c1)C(=O)N(CC(=O)O)c1ccc(F)cc1. The Kier molecular flexibility index (Phi) is 6.75. The molecule has 0 radical (unpaired) electrons. The largest absolute Gasteiger partial charge is 0.480 e. The number of benzene rings is 2. The molecule has 0 unspecified atom stereocenters.